The predicted octanol–water partition coefficient (Wildman–Crippen LogP) is 5.95. The van der Waals surface area contributed by atoms with Crippen molar-refractivity contribution in [1.82, 2.24) is 19.6 Å². The number of aromatic nitrogens is 4. The fraction of sp³-hybridized carbons (Fsp3) is 0.0952. The summed E-state index contributed by atoms with van der Waals surface area (Å²) < 4.78 is 3.60. The van der Waals surface area contributed by atoms with Crippen molar-refractivity contribution >= 4 is 63.8 Å². The van der Waals surface area contributed by atoms with Gasteiger partial charge in [-0.15, -0.1) is 0 Å². The van der Waals surface area contributed by atoms with E-state index in [1.807, 2.05) is 65.6 Å². The first kappa shape index (κ1) is 21.6. The third-order valence-corrected chi connectivity index (χ3v) is 5.55. The van der Waals surface area contributed by atoms with E-state index in [0.717, 1.165) is 11.1 Å². The van der Waals surface area contributed by atoms with Crippen LogP contribution in [0.25, 0.3) is 0 Å². The van der Waals surface area contributed by atoms with E-state index >= 15 is 0 Å². The van der Waals surface area contributed by atoms with E-state index in [9.17, 15) is 0 Å². The molecule has 0 saturated carbocycles. The molecule has 2 N–H and O–H groups in total. The summed E-state index contributed by atoms with van der Waals surface area (Å²) in [4.78, 5) is 0. The highest BCUT2D eigenvalue weighted by Gasteiger charge is 2.06. The van der Waals surface area contributed by atoms with Gasteiger partial charge in [0.25, 0.3) is 0 Å². The van der Waals surface area contributed by atoms with E-state index in [1.165, 1.54) is 0 Å². The minimum absolute atomic E-state index is 0.400. The molecule has 2 heterocycles. The molecule has 0 aliphatic rings. The molecule has 0 bridgehead atoms. The first-order valence-electron chi connectivity index (χ1n) is 9.28. The molecule has 31 heavy (non-hydrogen) atoms. The molecule has 0 radical (unpaired) electrons. The lowest BCUT2D eigenvalue weighted by Crippen LogP contribution is -2.20. The Morgan fingerprint density at radius 3 is 1.87 bits per heavy atom. The van der Waals surface area contributed by atoms with Crippen molar-refractivity contribution in [3.05, 3.63) is 93.2 Å². The number of nitrogens with one attached hydrogen (secondary N) is 2. The summed E-state index contributed by atoms with van der Waals surface area (Å²) >= 11 is 23.3. The first-order chi connectivity index (χ1) is 14.9. The molecular formula is C21H17Cl3N6S. The van der Waals surface area contributed by atoms with E-state index in [0.29, 0.717) is 44.9 Å². The van der Waals surface area contributed by atoms with Gasteiger partial charge in [-0.3, -0.25) is 9.36 Å². The zero-order chi connectivity index (χ0) is 21.8. The lowest BCUT2D eigenvalue weighted by molar-refractivity contribution is 0.689. The van der Waals surface area contributed by atoms with Gasteiger partial charge in [0.05, 0.1) is 23.1 Å². The lowest BCUT2D eigenvalue weighted by Gasteiger charge is -2.07. The highest BCUT2D eigenvalue weighted by atomic mass is 35.5. The van der Waals surface area contributed by atoms with Gasteiger partial charge in [0, 0.05) is 29.5 Å². The van der Waals surface area contributed by atoms with Gasteiger partial charge in [-0.05, 0) is 47.6 Å². The first-order valence-corrected chi connectivity index (χ1v) is 10.8. The quantitative estimate of drug-likeness (QED) is 0.327. The Bertz CT molecular complexity index is 1200. The molecule has 4 rings (SSSR count). The highest BCUT2D eigenvalue weighted by molar-refractivity contribution is 7.80. The number of rotatable bonds is 6. The minimum Gasteiger partial charge on any atom is -0.316 e. The number of nitrogens with zero attached hydrogens (tertiary/aromatic N) is 4. The monoisotopic (exact) mass is 490 g/mol. The molecule has 0 aliphatic carbocycles. The smallest absolute Gasteiger partial charge is 0.177 e. The Kier molecular flexibility index (Phi) is 6.77. The molecule has 0 atom stereocenters. The van der Waals surface area contributed by atoms with Gasteiger partial charge in [-0.2, -0.15) is 10.2 Å². The van der Waals surface area contributed by atoms with Crippen LogP contribution in [-0.4, -0.2) is 24.7 Å². The fourth-order valence-electron chi connectivity index (χ4n) is 2.90. The minimum atomic E-state index is 0.400. The number of halogens is 3. The zero-order valence-electron chi connectivity index (χ0n) is 16.1. The van der Waals surface area contributed by atoms with E-state index in [4.69, 9.17) is 47.0 Å². The summed E-state index contributed by atoms with van der Waals surface area (Å²) in [5.41, 5.74) is 2.10. The summed E-state index contributed by atoms with van der Waals surface area (Å²) in [6, 6.07) is 16.9. The van der Waals surface area contributed by atoms with Gasteiger partial charge in [0.1, 0.15) is 0 Å². The summed E-state index contributed by atoms with van der Waals surface area (Å²) in [5, 5.41) is 17.2. The number of hydrogen-bond donors (Lipinski definition) is 2. The van der Waals surface area contributed by atoms with Crippen LogP contribution in [0, 0.1) is 0 Å². The number of anilines is 2. The van der Waals surface area contributed by atoms with Gasteiger partial charge in [0.15, 0.2) is 16.7 Å². The van der Waals surface area contributed by atoms with Crippen molar-refractivity contribution in [2.45, 2.75) is 13.1 Å². The summed E-state index contributed by atoms with van der Waals surface area (Å²) in [5.74, 6) is 1.26. The van der Waals surface area contributed by atoms with Gasteiger partial charge < -0.3 is 10.6 Å². The third kappa shape index (κ3) is 5.98. The van der Waals surface area contributed by atoms with Crippen LogP contribution in [0.1, 0.15) is 11.1 Å². The Morgan fingerprint density at radius 2 is 1.29 bits per heavy atom. The van der Waals surface area contributed by atoms with Crippen molar-refractivity contribution in [1.29, 1.82) is 0 Å². The van der Waals surface area contributed by atoms with Crippen molar-refractivity contribution < 1.29 is 0 Å². The summed E-state index contributed by atoms with van der Waals surface area (Å²) in [6.45, 7) is 1.20. The molecule has 0 saturated heterocycles. The molecule has 4 aromatic rings. The van der Waals surface area contributed by atoms with Crippen LogP contribution in [0.2, 0.25) is 15.1 Å². The van der Waals surface area contributed by atoms with E-state index in [1.54, 1.807) is 10.7 Å². The van der Waals surface area contributed by atoms with Gasteiger partial charge in [-0.25, -0.2) is 0 Å². The normalized spacial score (nSPS) is 10.8. The maximum Gasteiger partial charge on any atom is 0.177 e. The molecule has 10 heteroatoms. The van der Waals surface area contributed by atoms with Crippen LogP contribution in [0.4, 0.5) is 11.6 Å². The van der Waals surface area contributed by atoms with Crippen LogP contribution in [-0.2, 0) is 13.1 Å². The van der Waals surface area contributed by atoms with Gasteiger partial charge in [-0.1, -0.05) is 53.0 Å². The van der Waals surface area contributed by atoms with Crippen LogP contribution >= 0.6 is 47.0 Å². The second kappa shape index (κ2) is 9.70. The van der Waals surface area contributed by atoms with Crippen molar-refractivity contribution in [3.8, 4) is 0 Å². The standard InChI is InChI=1S/C21H17Cl3N6S/c22-16-4-1-14(2-5-16)12-29-9-7-19(27-29)25-21(31)26-20-8-10-30(28-20)13-15-3-6-17(23)18(24)11-15/h1-11H,12-13H2,(H2,25,26,27,28,31). The van der Waals surface area contributed by atoms with Crippen molar-refractivity contribution in [3.63, 3.8) is 0 Å². The molecule has 0 fully saturated rings. The van der Waals surface area contributed by atoms with Gasteiger partial charge in [0.2, 0.25) is 0 Å². The lowest BCUT2D eigenvalue weighted by atomic mass is 10.2. The largest absolute Gasteiger partial charge is 0.316 e. The van der Waals surface area contributed by atoms with E-state index in [-0.39, 0.29) is 0 Å². The average molecular weight is 492 g/mol. The maximum absolute atomic E-state index is 6.07. The summed E-state index contributed by atoms with van der Waals surface area (Å²) in [6.07, 6.45) is 3.74. The number of thiocarbonyl (C=S) groups is 1. The summed E-state index contributed by atoms with van der Waals surface area (Å²) in [7, 11) is 0. The third-order valence-electron chi connectivity index (χ3n) is 4.35. The average Bonchev–Trinajstić information content (AvgIpc) is 3.36. The second-order valence-electron chi connectivity index (χ2n) is 6.75. The van der Waals surface area contributed by atoms with Crippen molar-refractivity contribution in [2.24, 2.45) is 0 Å². The molecule has 0 amide bonds. The maximum atomic E-state index is 6.07. The van der Waals surface area contributed by atoms with Gasteiger partial charge >= 0.3 is 0 Å². The topological polar surface area (TPSA) is 59.7 Å². The Labute approximate surface area is 199 Å². The second-order valence-corrected chi connectivity index (χ2v) is 8.41. The fourth-order valence-corrected chi connectivity index (χ4v) is 3.55. The Morgan fingerprint density at radius 1 is 0.742 bits per heavy atom. The highest BCUT2D eigenvalue weighted by Crippen LogP contribution is 2.23. The molecule has 0 unspecified atom stereocenters. The molecular weight excluding hydrogens is 475 g/mol. The molecule has 2 aromatic heterocycles. The van der Waals surface area contributed by atoms with Crippen molar-refractivity contribution in [2.75, 3.05) is 10.6 Å². The van der Waals surface area contributed by atoms with E-state index in [2.05, 4.69) is 20.8 Å². The molecule has 6 nitrogen and oxygen atoms in total. The Balaban J connectivity index is 1.31. The zero-order valence-corrected chi connectivity index (χ0v) is 19.2. The van der Waals surface area contributed by atoms with Crippen LogP contribution in [0.3, 0.4) is 0 Å². The van der Waals surface area contributed by atoms with Crippen LogP contribution in [0.5, 0.6) is 0 Å². The molecule has 0 spiro atoms. The Hall–Kier alpha value is -2.58. The predicted molar refractivity (Wildman–Crippen MR) is 130 cm³/mol. The van der Waals surface area contributed by atoms with Crippen LogP contribution < -0.4 is 10.6 Å². The molecule has 2 aromatic carbocycles. The molecule has 0 aliphatic heterocycles. The van der Waals surface area contributed by atoms with Crippen LogP contribution in [0.15, 0.2) is 67.0 Å². The van der Waals surface area contributed by atoms with E-state index < -0.39 is 0 Å². The SMILES string of the molecule is S=C(Nc1ccn(Cc2ccc(Cl)cc2)n1)Nc1ccn(Cc2ccc(Cl)c(Cl)c2)n1. The number of hydrogen-bond acceptors (Lipinski definition) is 3. The molecule has 158 valence electrons. The number of benzene rings is 2.